The van der Waals surface area contributed by atoms with Gasteiger partial charge in [-0.3, -0.25) is 4.79 Å². The van der Waals surface area contributed by atoms with Crippen LogP contribution in [0.5, 0.6) is 5.75 Å². The summed E-state index contributed by atoms with van der Waals surface area (Å²) in [4.78, 5) is 15.1. The Kier molecular flexibility index (Phi) is 5.98. The van der Waals surface area contributed by atoms with E-state index in [-0.39, 0.29) is 24.5 Å². The Balaban J connectivity index is 2.20. The van der Waals surface area contributed by atoms with E-state index in [1.807, 2.05) is 13.0 Å². The van der Waals surface area contributed by atoms with E-state index in [9.17, 15) is 13.2 Å². The molecule has 0 saturated heterocycles. The van der Waals surface area contributed by atoms with Crippen LogP contribution in [0, 0.1) is 6.92 Å². The molecule has 2 N–H and O–H groups in total. The molecule has 0 amide bonds. The number of fused-ring (bicyclic) bond motifs is 1. The van der Waals surface area contributed by atoms with Gasteiger partial charge in [-0.25, -0.2) is 13.1 Å². The number of aromatic nitrogens is 1. The van der Waals surface area contributed by atoms with E-state index < -0.39 is 10.0 Å². The third-order valence-corrected chi connectivity index (χ3v) is 5.11. The normalized spacial score (nSPS) is 11.8. The summed E-state index contributed by atoms with van der Waals surface area (Å²) < 4.78 is 35.9. The Morgan fingerprint density at radius 2 is 2.00 bits per heavy atom. The number of aryl methyl sites for hydroxylation is 1. The lowest BCUT2D eigenvalue weighted by Crippen LogP contribution is -2.31. The third-order valence-electron chi connectivity index (χ3n) is 3.77. The lowest BCUT2D eigenvalue weighted by molar-refractivity contribution is 0.217. The molecule has 1 aromatic carbocycles. The van der Waals surface area contributed by atoms with Crippen LogP contribution in [-0.2, 0) is 21.2 Å². The number of nitrogens with one attached hydrogen (secondary N) is 2. The Morgan fingerprint density at radius 1 is 1.25 bits per heavy atom. The van der Waals surface area contributed by atoms with Crippen LogP contribution < -0.4 is 15.0 Å². The Bertz CT molecular complexity index is 874. The molecule has 2 aromatic rings. The Labute approximate surface area is 141 Å². The van der Waals surface area contributed by atoms with Gasteiger partial charge in [-0.1, -0.05) is 6.07 Å². The number of aromatic amines is 1. The van der Waals surface area contributed by atoms with Gasteiger partial charge in [0.2, 0.25) is 10.0 Å². The van der Waals surface area contributed by atoms with Gasteiger partial charge in [0.05, 0.1) is 25.0 Å². The Morgan fingerprint density at radius 3 is 2.67 bits per heavy atom. The average Bonchev–Trinajstić information content (AvgIpc) is 2.54. The summed E-state index contributed by atoms with van der Waals surface area (Å²) in [6.07, 6.45) is 0.300. The van der Waals surface area contributed by atoms with Gasteiger partial charge < -0.3 is 14.5 Å². The molecule has 24 heavy (non-hydrogen) atoms. The van der Waals surface area contributed by atoms with Crippen molar-refractivity contribution < 1.29 is 17.9 Å². The van der Waals surface area contributed by atoms with Gasteiger partial charge in [0.1, 0.15) is 5.75 Å². The second-order valence-corrected chi connectivity index (χ2v) is 7.38. The van der Waals surface area contributed by atoms with Crippen LogP contribution in [0.1, 0.15) is 11.1 Å². The maximum Gasteiger partial charge on any atom is 0.251 e. The van der Waals surface area contributed by atoms with Crippen molar-refractivity contribution in [1.82, 2.24) is 9.71 Å². The molecule has 1 heterocycles. The minimum Gasteiger partial charge on any atom is -0.495 e. The number of methoxy groups -OCH3 is 2. The van der Waals surface area contributed by atoms with Crippen LogP contribution >= 0.6 is 0 Å². The van der Waals surface area contributed by atoms with Crippen molar-refractivity contribution in [2.75, 3.05) is 33.1 Å². The molecule has 0 saturated carbocycles. The first kappa shape index (κ1) is 18.4. The molecule has 132 valence electrons. The number of ether oxygens (including phenoxy) is 2. The molecule has 7 nitrogen and oxygen atoms in total. The smallest absolute Gasteiger partial charge is 0.251 e. The number of H-pyrrole nitrogens is 1. The van der Waals surface area contributed by atoms with Crippen molar-refractivity contribution >= 4 is 20.9 Å². The topological polar surface area (TPSA) is 97.5 Å². The van der Waals surface area contributed by atoms with Crippen LogP contribution in [0.2, 0.25) is 0 Å². The fraction of sp³-hybridized carbons (Fsp3) is 0.438. The van der Waals surface area contributed by atoms with Crippen LogP contribution in [0.25, 0.3) is 10.9 Å². The second kappa shape index (κ2) is 7.78. The molecular formula is C16H22N2O5S. The highest BCUT2D eigenvalue weighted by Crippen LogP contribution is 2.25. The quantitative estimate of drug-likeness (QED) is 0.736. The maximum absolute atomic E-state index is 12.2. The van der Waals surface area contributed by atoms with E-state index in [1.54, 1.807) is 19.2 Å². The highest BCUT2D eigenvalue weighted by Gasteiger charge is 2.12. The number of hydrogen-bond donors (Lipinski definition) is 2. The molecule has 2 rings (SSSR count). The van der Waals surface area contributed by atoms with E-state index in [0.29, 0.717) is 23.3 Å². The largest absolute Gasteiger partial charge is 0.495 e. The molecule has 0 aliphatic heterocycles. The van der Waals surface area contributed by atoms with Crippen LogP contribution in [0.4, 0.5) is 0 Å². The predicted molar refractivity (Wildman–Crippen MR) is 93.2 cm³/mol. The number of hydrogen-bond acceptors (Lipinski definition) is 5. The second-order valence-electron chi connectivity index (χ2n) is 5.45. The van der Waals surface area contributed by atoms with Crippen LogP contribution in [0.15, 0.2) is 23.0 Å². The highest BCUT2D eigenvalue weighted by atomic mass is 32.2. The summed E-state index contributed by atoms with van der Waals surface area (Å²) >= 11 is 0. The first-order valence-corrected chi connectivity index (χ1v) is 9.19. The van der Waals surface area contributed by atoms with E-state index in [1.165, 1.54) is 7.11 Å². The van der Waals surface area contributed by atoms with Crippen molar-refractivity contribution in [2.24, 2.45) is 0 Å². The number of benzene rings is 1. The zero-order valence-corrected chi connectivity index (χ0v) is 14.8. The van der Waals surface area contributed by atoms with E-state index in [4.69, 9.17) is 9.47 Å². The summed E-state index contributed by atoms with van der Waals surface area (Å²) in [5.41, 5.74) is 1.92. The van der Waals surface area contributed by atoms with Gasteiger partial charge in [0.15, 0.2) is 0 Å². The summed E-state index contributed by atoms with van der Waals surface area (Å²) in [5.74, 6) is 0.493. The standard InChI is InChI=1S/C16H22N2O5S/c1-11-4-5-14(23-3)15-13(11)10-12(16(19)18-15)6-7-17-24(20,21)9-8-22-2/h4-5,10,17H,6-9H2,1-3H3,(H,18,19). The molecule has 0 atom stereocenters. The predicted octanol–water partition coefficient (Wildman–Crippen LogP) is 0.953. The van der Waals surface area contributed by atoms with Crippen molar-refractivity contribution in [3.63, 3.8) is 0 Å². The van der Waals surface area contributed by atoms with Gasteiger partial charge in [-0.05, 0) is 31.0 Å². The lowest BCUT2D eigenvalue weighted by Gasteiger charge is -2.10. The van der Waals surface area contributed by atoms with Crippen molar-refractivity contribution in [1.29, 1.82) is 0 Å². The zero-order valence-electron chi connectivity index (χ0n) is 14.0. The molecule has 0 spiro atoms. The summed E-state index contributed by atoms with van der Waals surface area (Å²) in [7, 11) is -0.403. The molecule has 8 heteroatoms. The molecule has 1 aromatic heterocycles. The van der Waals surface area contributed by atoms with Gasteiger partial charge in [0.25, 0.3) is 5.56 Å². The van der Waals surface area contributed by atoms with Gasteiger partial charge in [-0.2, -0.15) is 0 Å². The van der Waals surface area contributed by atoms with Crippen molar-refractivity contribution in [3.05, 3.63) is 39.7 Å². The summed E-state index contributed by atoms with van der Waals surface area (Å²) in [6.45, 7) is 2.23. The fourth-order valence-electron chi connectivity index (χ4n) is 2.41. The molecule has 0 radical (unpaired) electrons. The first-order chi connectivity index (χ1) is 11.4. The highest BCUT2D eigenvalue weighted by molar-refractivity contribution is 7.89. The summed E-state index contributed by atoms with van der Waals surface area (Å²) in [5, 5.41) is 0.881. The van der Waals surface area contributed by atoms with Gasteiger partial charge >= 0.3 is 0 Å². The minimum atomic E-state index is -3.40. The molecule has 0 unspecified atom stereocenters. The van der Waals surface area contributed by atoms with Crippen LogP contribution in [0.3, 0.4) is 0 Å². The fourth-order valence-corrected chi connectivity index (χ4v) is 3.36. The monoisotopic (exact) mass is 354 g/mol. The molecule has 0 aliphatic rings. The minimum absolute atomic E-state index is 0.103. The maximum atomic E-state index is 12.2. The molecule has 0 fully saturated rings. The molecular weight excluding hydrogens is 332 g/mol. The number of sulfonamides is 1. The lowest BCUT2D eigenvalue weighted by atomic mass is 10.1. The van der Waals surface area contributed by atoms with Crippen molar-refractivity contribution in [2.45, 2.75) is 13.3 Å². The van der Waals surface area contributed by atoms with E-state index in [0.717, 1.165) is 10.9 Å². The third kappa shape index (κ3) is 4.34. The van der Waals surface area contributed by atoms with E-state index >= 15 is 0 Å². The average molecular weight is 354 g/mol. The number of rotatable bonds is 8. The van der Waals surface area contributed by atoms with Crippen LogP contribution in [-0.4, -0.2) is 46.5 Å². The SMILES string of the molecule is COCCS(=O)(=O)NCCc1cc2c(C)ccc(OC)c2[nH]c1=O. The van der Waals surface area contributed by atoms with Gasteiger partial charge in [0, 0.05) is 24.6 Å². The van der Waals surface area contributed by atoms with Gasteiger partial charge in [-0.15, -0.1) is 0 Å². The number of pyridine rings is 1. The molecule has 0 bridgehead atoms. The molecule has 0 aliphatic carbocycles. The Hall–Kier alpha value is -1.90. The summed E-state index contributed by atoms with van der Waals surface area (Å²) in [6, 6.07) is 5.50. The van der Waals surface area contributed by atoms with Crippen molar-refractivity contribution in [3.8, 4) is 5.75 Å². The van der Waals surface area contributed by atoms with E-state index in [2.05, 4.69) is 9.71 Å². The zero-order chi connectivity index (χ0) is 17.7. The first-order valence-electron chi connectivity index (χ1n) is 7.53.